The van der Waals surface area contributed by atoms with Crippen molar-refractivity contribution in [2.24, 2.45) is 5.92 Å². The monoisotopic (exact) mass is 321 g/mol. The fourth-order valence-electron chi connectivity index (χ4n) is 2.70. The quantitative estimate of drug-likeness (QED) is 0.873. The number of rotatable bonds is 6. The van der Waals surface area contributed by atoms with E-state index in [9.17, 15) is 9.59 Å². The summed E-state index contributed by atoms with van der Waals surface area (Å²) >= 11 is 0. The van der Waals surface area contributed by atoms with Crippen LogP contribution >= 0.6 is 0 Å². The lowest BCUT2D eigenvalue weighted by molar-refractivity contribution is -0.133. The second kappa shape index (κ2) is 7.62. The van der Waals surface area contributed by atoms with Crippen LogP contribution in [0.15, 0.2) is 10.6 Å². The van der Waals surface area contributed by atoms with Gasteiger partial charge in [0.2, 0.25) is 11.7 Å². The normalized spacial score (nSPS) is 17.3. The van der Waals surface area contributed by atoms with Crippen molar-refractivity contribution in [1.29, 1.82) is 0 Å². The van der Waals surface area contributed by atoms with Gasteiger partial charge in [0.25, 0.3) is 5.91 Å². The predicted octanol–water partition coefficient (Wildman–Crippen LogP) is 2.56. The first-order chi connectivity index (χ1) is 10.9. The predicted molar refractivity (Wildman–Crippen MR) is 87.1 cm³/mol. The molecule has 128 valence electrons. The van der Waals surface area contributed by atoms with E-state index < -0.39 is 6.04 Å². The van der Waals surface area contributed by atoms with Crippen molar-refractivity contribution < 1.29 is 14.1 Å². The Kier molecular flexibility index (Phi) is 5.80. The molecule has 23 heavy (non-hydrogen) atoms. The molecule has 0 radical (unpaired) electrons. The van der Waals surface area contributed by atoms with Crippen LogP contribution in [-0.2, 0) is 4.79 Å². The minimum atomic E-state index is -0.530. The molecule has 1 aromatic rings. The number of nitrogens with one attached hydrogen (secondary N) is 1. The molecule has 0 saturated carbocycles. The van der Waals surface area contributed by atoms with E-state index in [1.165, 1.54) is 0 Å². The van der Waals surface area contributed by atoms with Crippen molar-refractivity contribution in [3.63, 3.8) is 0 Å². The second-order valence-corrected chi connectivity index (χ2v) is 6.65. The second-order valence-electron chi connectivity index (χ2n) is 6.65. The van der Waals surface area contributed by atoms with Crippen LogP contribution in [-0.4, -0.2) is 41.0 Å². The van der Waals surface area contributed by atoms with E-state index in [-0.39, 0.29) is 29.4 Å². The van der Waals surface area contributed by atoms with Gasteiger partial charge in [0.1, 0.15) is 6.04 Å². The van der Waals surface area contributed by atoms with Crippen molar-refractivity contribution in [2.45, 2.75) is 58.9 Å². The van der Waals surface area contributed by atoms with Gasteiger partial charge in [0, 0.05) is 25.1 Å². The Morgan fingerprint density at radius 3 is 2.52 bits per heavy atom. The van der Waals surface area contributed by atoms with Crippen molar-refractivity contribution in [2.75, 3.05) is 13.1 Å². The Hall–Kier alpha value is -1.85. The Balaban J connectivity index is 2.05. The van der Waals surface area contributed by atoms with Gasteiger partial charge in [-0.05, 0) is 25.2 Å². The summed E-state index contributed by atoms with van der Waals surface area (Å²) in [5, 5.41) is 6.77. The number of amides is 2. The fourth-order valence-corrected chi connectivity index (χ4v) is 2.70. The number of aromatic nitrogens is 1. The summed E-state index contributed by atoms with van der Waals surface area (Å²) in [6, 6.07) is 1.14. The number of hydrogen-bond donors (Lipinski definition) is 1. The van der Waals surface area contributed by atoms with E-state index in [0.717, 1.165) is 38.0 Å². The SMILES string of the molecule is CCC(C)c1cc(C(=O)N[C@H](C(=O)N2CCCC2)C(C)C)on1. The molecule has 2 amide bonds. The summed E-state index contributed by atoms with van der Waals surface area (Å²) in [5.41, 5.74) is 0.768. The first kappa shape index (κ1) is 17.5. The molecule has 1 aromatic heterocycles. The standard InChI is InChI=1S/C17H27N3O3/c1-5-12(4)13-10-14(23-19-13)16(21)18-15(11(2)3)17(22)20-8-6-7-9-20/h10-12,15H,5-9H2,1-4H3,(H,18,21)/t12?,15-/m0/s1. The van der Waals surface area contributed by atoms with E-state index in [2.05, 4.69) is 17.4 Å². The molecular weight excluding hydrogens is 294 g/mol. The number of carbonyl (C=O) groups is 2. The largest absolute Gasteiger partial charge is 0.351 e. The molecule has 0 aromatic carbocycles. The summed E-state index contributed by atoms with van der Waals surface area (Å²) in [4.78, 5) is 26.8. The number of nitrogens with zero attached hydrogens (tertiary/aromatic N) is 2. The fraction of sp³-hybridized carbons (Fsp3) is 0.706. The van der Waals surface area contributed by atoms with Gasteiger partial charge in [-0.15, -0.1) is 0 Å². The average molecular weight is 321 g/mol. The minimum absolute atomic E-state index is 0.00693. The van der Waals surface area contributed by atoms with Gasteiger partial charge in [0.05, 0.1) is 5.69 Å². The molecule has 2 atom stereocenters. The number of likely N-dealkylation sites (tertiary alicyclic amines) is 1. The Bertz CT molecular complexity index is 547. The van der Waals surface area contributed by atoms with E-state index in [1.807, 2.05) is 25.7 Å². The smallest absolute Gasteiger partial charge is 0.290 e. The Morgan fingerprint density at radius 1 is 1.30 bits per heavy atom. The molecule has 0 spiro atoms. The third-order valence-corrected chi connectivity index (χ3v) is 4.51. The lowest BCUT2D eigenvalue weighted by Gasteiger charge is -2.26. The van der Waals surface area contributed by atoms with Gasteiger partial charge in [-0.1, -0.05) is 32.9 Å². The lowest BCUT2D eigenvalue weighted by Crippen LogP contribution is -2.50. The van der Waals surface area contributed by atoms with E-state index in [0.29, 0.717) is 0 Å². The number of carbonyl (C=O) groups excluding carboxylic acids is 2. The molecule has 2 rings (SSSR count). The molecule has 1 saturated heterocycles. The zero-order chi connectivity index (χ0) is 17.0. The number of hydrogen-bond acceptors (Lipinski definition) is 4. The molecule has 2 heterocycles. The maximum absolute atomic E-state index is 12.6. The Labute approximate surface area is 137 Å². The molecule has 1 unspecified atom stereocenters. The van der Waals surface area contributed by atoms with Crippen LogP contribution < -0.4 is 5.32 Å². The van der Waals surface area contributed by atoms with Crippen molar-refractivity contribution >= 4 is 11.8 Å². The van der Waals surface area contributed by atoms with Gasteiger partial charge in [0.15, 0.2) is 0 Å². The average Bonchev–Trinajstić information content (AvgIpc) is 3.21. The molecular formula is C17H27N3O3. The van der Waals surface area contributed by atoms with Crippen molar-refractivity contribution in [3.8, 4) is 0 Å². The van der Waals surface area contributed by atoms with E-state index in [4.69, 9.17) is 4.52 Å². The molecule has 0 bridgehead atoms. The molecule has 1 fully saturated rings. The third kappa shape index (κ3) is 4.12. The molecule has 6 nitrogen and oxygen atoms in total. The molecule has 1 N–H and O–H groups in total. The summed E-state index contributed by atoms with van der Waals surface area (Å²) in [5.74, 6) is 0.0439. The summed E-state index contributed by atoms with van der Waals surface area (Å²) < 4.78 is 5.15. The summed E-state index contributed by atoms with van der Waals surface area (Å²) in [6.07, 6.45) is 2.99. The topological polar surface area (TPSA) is 75.4 Å². The molecule has 1 aliphatic rings. The lowest BCUT2D eigenvalue weighted by atomic mass is 10.0. The van der Waals surface area contributed by atoms with Crippen LogP contribution in [0.5, 0.6) is 0 Å². The highest BCUT2D eigenvalue weighted by Gasteiger charge is 2.31. The van der Waals surface area contributed by atoms with Crippen LogP contribution in [0, 0.1) is 5.92 Å². The highest BCUT2D eigenvalue weighted by Crippen LogP contribution is 2.19. The van der Waals surface area contributed by atoms with Crippen LogP contribution in [0.25, 0.3) is 0 Å². The van der Waals surface area contributed by atoms with E-state index in [1.54, 1.807) is 6.07 Å². The zero-order valence-electron chi connectivity index (χ0n) is 14.5. The van der Waals surface area contributed by atoms with Gasteiger partial charge >= 0.3 is 0 Å². The first-order valence-corrected chi connectivity index (χ1v) is 8.50. The highest BCUT2D eigenvalue weighted by molar-refractivity contribution is 5.95. The van der Waals surface area contributed by atoms with Crippen LogP contribution in [0.4, 0.5) is 0 Å². The molecule has 6 heteroatoms. The highest BCUT2D eigenvalue weighted by atomic mass is 16.5. The molecule has 0 aliphatic carbocycles. The van der Waals surface area contributed by atoms with Crippen LogP contribution in [0.3, 0.4) is 0 Å². The van der Waals surface area contributed by atoms with Gasteiger partial charge < -0.3 is 14.7 Å². The zero-order valence-corrected chi connectivity index (χ0v) is 14.5. The van der Waals surface area contributed by atoms with Gasteiger partial charge in [-0.3, -0.25) is 9.59 Å². The Morgan fingerprint density at radius 2 is 1.96 bits per heavy atom. The van der Waals surface area contributed by atoms with Crippen molar-refractivity contribution in [3.05, 3.63) is 17.5 Å². The maximum atomic E-state index is 12.6. The van der Waals surface area contributed by atoms with Gasteiger partial charge in [-0.25, -0.2) is 0 Å². The van der Waals surface area contributed by atoms with Gasteiger partial charge in [-0.2, -0.15) is 0 Å². The maximum Gasteiger partial charge on any atom is 0.290 e. The van der Waals surface area contributed by atoms with Crippen LogP contribution in [0.1, 0.15) is 69.1 Å². The summed E-state index contributed by atoms with van der Waals surface area (Å²) in [6.45, 7) is 9.51. The van der Waals surface area contributed by atoms with E-state index >= 15 is 0 Å². The van der Waals surface area contributed by atoms with Crippen molar-refractivity contribution in [1.82, 2.24) is 15.4 Å². The molecule has 1 aliphatic heterocycles. The summed E-state index contributed by atoms with van der Waals surface area (Å²) in [7, 11) is 0. The first-order valence-electron chi connectivity index (χ1n) is 8.50. The third-order valence-electron chi connectivity index (χ3n) is 4.51. The van der Waals surface area contributed by atoms with Crippen LogP contribution in [0.2, 0.25) is 0 Å². The minimum Gasteiger partial charge on any atom is -0.351 e.